The highest BCUT2D eigenvalue weighted by Gasteiger charge is 2.41. The zero-order valence-electron chi connectivity index (χ0n) is 37.2. The Morgan fingerprint density at radius 3 is 2.10 bits per heavy atom. The maximum absolute atomic E-state index is 14.3. The largest absolute Gasteiger partial charge is 0.497 e. The molecule has 324 valence electrons. The summed E-state index contributed by atoms with van der Waals surface area (Å²) in [5, 5.41) is 15.1. The number of thioether (sulfide) groups is 1. The second-order valence-corrected chi connectivity index (χ2v) is 18.6. The van der Waals surface area contributed by atoms with Crippen molar-refractivity contribution in [3.63, 3.8) is 0 Å². The highest BCUT2D eigenvalue weighted by Crippen LogP contribution is 2.33. The molecule has 0 spiro atoms. The van der Waals surface area contributed by atoms with Gasteiger partial charge >= 0.3 is 5.97 Å². The summed E-state index contributed by atoms with van der Waals surface area (Å²) in [6, 6.07) is 2.92. The minimum atomic E-state index is -1.04. The number of hydrogen-bond donors (Lipinski definition) is 2. The molecule has 0 saturated heterocycles. The summed E-state index contributed by atoms with van der Waals surface area (Å²) < 4.78 is 11.5. The Balaban J connectivity index is 2.08. The second kappa shape index (κ2) is 20.9. The predicted molar refractivity (Wildman–Crippen MR) is 229 cm³/mol. The Bertz CT molecular complexity index is 1680. The predicted octanol–water partition coefficient (Wildman–Crippen LogP) is 5.13. The lowest BCUT2D eigenvalue weighted by Crippen LogP contribution is -2.59. The molecule has 0 saturated carbocycles. The molecule has 1 unspecified atom stereocenters. The van der Waals surface area contributed by atoms with Crippen molar-refractivity contribution >= 4 is 46.4 Å². The number of carbonyl (C=O) groups is 5. The molecule has 0 aliphatic carbocycles. The molecule has 1 aromatic carbocycles. The number of aliphatic hydroxyl groups is 1. The lowest BCUT2D eigenvalue weighted by molar-refractivity contribution is -0.166. The van der Waals surface area contributed by atoms with Crippen molar-refractivity contribution in [1.82, 2.24) is 20.0 Å². The Labute approximate surface area is 350 Å². The number of hydrogen-bond acceptors (Lipinski definition) is 10. The average molecular weight is 828 g/mol. The van der Waals surface area contributed by atoms with Crippen LogP contribution in [0.5, 0.6) is 5.75 Å². The van der Waals surface area contributed by atoms with Gasteiger partial charge in [0.2, 0.25) is 23.6 Å². The van der Waals surface area contributed by atoms with Crippen molar-refractivity contribution in [3.8, 4) is 5.75 Å². The highest BCUT2D eigenvalue weighted by atomic mass is 32.2. The topological polar surface area (TPSA) is 158 Å². The number of likely N-dealkylation sites (N-methyl/N-ethyl adjacent to an activating group) is 3. The van der Waals surface area contributed by atoms with E-state index in [1.54, 1.807) is 64.9 Å². The standard InChI is InChI=1S/C44H69N5O8S/c1-15-26(3)37-42(54)48(12)30(7)43(55)57-36(44(8,9)10)21-25(2)20-35(50)28(5)39-45-32(24-58-39)22-27(4)38(51)46-34(23-31-16-18-33(56-14)19-17-31)41(53)47(11)29(6)40(52)49(37)13/h16-19,22,25-26,28-30,32,34-37,50H,15,20-21,23-24H2,1-14H3,(H,46,51)/b27-22+/t25-,26-,28?,29-,30-,32-,34-,35-,36-,37-/m0/s1. The zero-order chi connectivity index (χ0) is 43.8. The van der Waals surface area contributed by atoms with Crippen molar-refractivity contribution in [2.75, 3.05) is 34.0 Å². The number of methoxy groups -OCH3 is 1. The van der Waals surface area contributed by atoms with Crippen molar-refractivity contribution < 1.29 is 38.6 Å². The normalized spacial score (nSPS) is 31.1. The Kier molecular flexibility index (Phi) is 17.4. The first-order valence-corrected chi connectivity index (χ1v) is 21.5. The number of nitrogens with zero attached hydrogens (tertiary/aromatic N) is 4. The van der Waals surface area contributed by atoms with Gasteiger partial charge in [-0.2, -0.15) is 0 Å². The van der Waals surface area contributed by atoms with Crippen LogP contribution >= 0.6 is 11.8 Å². The smallest absolute Gasteiger partial charge is 0.328 e. The summed E-state index contributed by atoms with van der Waals surface area (Å²) in [7, 11) is 6.16. The summed E-state index contributed by atoms with van der Waals surface area (Å²) in [5.41, 5.74) is 0.726. The van der Waals surface area contributed by atoms with E-state index in [1.165, 1.54) is 28.8 Å². The van der Waals surface area contributed by atoms with Crippen molar-refractivity contribution in [3.05, 3.63) is 41.5 Å². The van der Waals surface area contributed by atoms with Gasteiger partial charge in [-0.15, -0.1) is 11.8 Å². The van der Waals surface area contributed by atoms with Gasteiger partial charge < -0.3 is 34.6 Å². The van der Waals surface area contributed by atoms with Crippen LogP contribution in [0, 0.1) is 23.2 Å². The van der Waals surface area contributed by atoms with E-state index < -0.39 is 71.4 Å². The van der Waals surface area contributed by atoms with E-state index in [0.717, 1.165) is 10.6 Å². The van der Waals surface area contributed by atoms with Crippen LogP contribution in [0.1, 0.15) is 94.1 Å². The number of nitrogens with one attached hydrogen (secondary N) is 1. The molecule has 2 heterocycles. The zero-order valence-corrected chi connectivity index (χ0v) is 38.0. The molecule has 58 heavy (non-hydrogen) atoms. The first kappa shape index (κ1) is 48.5. The van der Waals surface area contributed by atoms with Crippen LogP contribution in [-0.2, 0) is 35.1 Å². The monoisotopic (exact) mass is 827 g/mol. The van der Waals surface area contributed by atoms with Crippen LogP contribution in [0.25, 0.3) is 0 Å². The molecular weight excluding hydrogens is 759 g/mol. The van der Waals surface area contributed by atoms with Gasteiger partial charge in [-0.3, -0.25) is 24.2 Å². The van der Waals surface area contributed by atoms with Crippen molar-refractivity contribution in [1.29, 1.82) is 0 Å². The van der Waals surface area contributed by atoms with Crippen molar-refractivity contribution in [2.24, 2.45) is 28.2 Å². The summed E-state index contributed by atoms with van der Waals surface area (Å²) in [5.74, 6) is -1.72. The molecule has 2 aliphatic heterocycles. The minimum absolute atomic E-state index is 0.0182. The minimum Gasteiger partial charge on any atom is -0.497 e. The van der Waals surface area contributed by atoms with Gasteiger partial charge in [0.25, 0.3) is 0 Å². The summed E-state index contributed by atoms with van der Waals surface area (Å²) in [4.78, 5) is 79.3. The maximum atomic E-state index is 14.3. The Hall–Kier alpha value is -3.91. The quantitative estimate of drug-likeness (QED) is 0.384. The molecule has 1 aromatic rings. The van der Waals surface area contributed by atoms with E-state index in [9.17, 15) is 29.1 Å². The third-order valence-corrected chi connectivity index (χ3v) is 13.2. The fraction of sp³-hybridized carbons (Fsp3) is 0.682. The Morgan fingerprint density at radius 2 is 1.53 bits per heavy atom. The van der Waals surface area contributed by atoms with Gasteiger partial charge in [0.1, 0.15) is 36.0 Å². The fourth-order valence-electron chi connectivity index (χ4n) is 7.24. The molecule has 4 amide bonds. The molecule has 14 heteroatoms. The molecule has 13 nitrogen and oxygen atoms in total. The molecule has 2 bridgehead atoms. The molecule has 10 atom stereocenters. The van der Waals surface area contributed by atoms with Gasteiger partial charge in [0.15, 0.2) is 0 Å². The molecular formula is C44H69N5O8S. The number of cyclic esters (lactones) is 1. The molecule has 2 N–H and O–H groups in total. The van der Waals surface area contributed by atoms with Gasteiger partial charge in [-0.25, -0.2) is 4.79 Å². The van der Waals surface area contributed by atoms with Gasteiger partial charge in [0.05, 0.1) is 24.3 Å². The summed E-state index contributed by atoms with van der Waals surface area (Å²) >= 11 is 1.55. The lowest BCUT2D eigenvalue weighted by atomic mass is 9.81. The first-order chi connectivity index (χ1) is 27.0. The number of ether oxygens (including phenoxy) is 2. The number of esters is 1. The van der Waals surface area contributed by atoms with E-state index in [-0.39, 0.29) is 30.2 Å². The van der Waals surface area contributed by atoms with Crippen molar-refractivity contribution in [2.45, 2.75) is 137 Å². The van der Waals surface area contributed by atoms with Gasteiger partial charge in [-0.05, 0) is 68.6 Å². The second-order valence-electron chi connectivity index (χ2n) is 17.5. The number of rotatable bonds is 5. The van der Waals surface area contributed by atoms with E-state index >= 15 is 0 Å². The molecule has 0 fully saturated rings. The molecule has 0 radical (unpaired) electrons. The van der Waals surface area contributed by atoms with Gasteiger partial charge in [0, 0.05) is 44.8 Å². The van der Waals surface area contributed by atoms with Crippen LogP contribution in [-0.4, -0.2) is 131 Å². The van der Waals surface area contributed by atoms with Gasteiger partial charge in [-0.1, -0.05) is 73.1 Å². The van der Waals surface area contributed by atoms with E-state index in [0.29, 0.717) is 36.3 Å². The lowest BCUT2D eigenvalue weighted by Gasteiger charge is -2.39. The molecule has 3 rings (SSSR count). The fourth-order valence-corrected chi connectivity index (χ4v) is 8.38. The van der Waals surface area contributed by atoms with Crippen LogP contribution in [0.4, 0.5) is 0 Å². The summed E-state index contributed by atoms with van der Waals surface area (Å²) in [6.07, 6.45) is 2.23. The number of benzene rings is 1. The number of carbonyl (C=O) groups excluding carboxylic acids is 5. The van der Waals surface area contributed by atoms with E-state index in [4.69, 9.17) is 14.5 Å². The van der Waals surface area contributed by atoms with E-state index in [1.807, 2.05) is 60.6 Å². The number of fused-ring (bicyclic) bond motifs is 1. The van der Waals surface area contributed by atoms with Crippen LogP contribution in [0.15, 0.2) is 40.9 Å². The first-order valence-electron chi connectivity index (χ1n) is 20.5. The number of amides is 4. The Morgan fingerprint density at radius 1 is 0.931 bits per heavy atom. The number of aliphatic imine (C=N–C) groups is 1. The SMILES string of the molecule is CC[C@H](C)[C@H]1C(=O)N(C)[C@@H](C)C(=O)O[C@H](C(C)(C)C)C[C@@H](C)C[C@H](O)C(C)C2=N[C@@H](/C=C(\C)C(=O)N[C@@H](Cc3ccc(OC)cc3)C(=O)N(C)[C@@H](C)C(=O)N1C)CS2. The van der Waals surface area contributed by atoms with Crippen LogP contribution < -0.4 is 10.1 Å². The third kappa shape index (κ3) is 12.3. The highest BCUT2D eigenvalue weighted by molar-refractivity contribution is 8.14. The number of aliphatic hydroxyl groups excluding tert-OH is 1. The third-order valence-electron chi connectivity index (χ3n) is 11.9. The average Bonchev–Trinajstić information content (AvgIpc) is 3.65. The molecule has 0 aromatic heterocycles. The molecule has 2 aliphatic rings. The van der Waals surface area contributed by atoms with Crippen LogP contribution in [0.2, 0.25) is 0 Å². The van der Waals surface area contributed by atoms with Crippen LogP contribution in [0.3, 0.4) is 0 Å². The van der Waals surface area contributed by atoms with E-state index in [2.05, 4.69) is 5.32 Å². The summed E-state index contributed by atoms with van der Waals surface area (Å²) in [6.45, 7) is 18.7. The maximum Gasteiger partial charge on any atom is 0.328 e.